The van der Waals surface area contributed by atoms with E-state index in [9.17, 15) is 0 Å². The van der Waals surface area contributed by atoms with E-state index in [0.29, 0.717) is 11.8 Å². The van der Waals surface area contributed by atoms with Crippen molar-refractivity contribution in [1.29, 1.82) is 0 Å². The molecule has 2 atom stereocenters. The highest BCUT2D eigenvalue weighted by Crippen LogP contribution is 2.62. The molecule has 98 valence electrons. The molecule has 2 aromatic heterocycles. The number of nitrogens with zero attached hydrogens (tertiary/aromatic N) is 2. The molecule has 0 amide bonds. The van der Waals surface area contributed by atoms with Crippen LogP contribution >= 0.6 is 0 Å². The first-order valence-electron chi connectivity index (χ1n) is 7.01. The Hall–Kier alpha value is -1.84. The van der Waals surface area contributed by atoms with Crippen LogP contribution in [-0.2, 0) is 0 Å². The topological polar surface area (TPSA) is 64.9 Å². The van der Waals surface area contributed by atoms with Crippen LogP contribution in [0.4, 0.5) is 5.88 Å². The fourth-order valence-corrected chi connectivity index (χ4v) is 3.75. The van der Waals surface area contributed by atoms with Crippen molar-refractivity contribution in [3.63, 3.8) is 0 Å². The molecule has 0 saturated heterocycles. The van der Waals surface area contributed by atoms with Gasteiger partial charge < -0.3 is 10.3 Å². The predicted octanol–water partition coefficient (Wildman–Crippen LogP) is 3.22. The summed E-state index contributed by atoms with van der Waals surface area (Å²) in [6.45, 7) is 0. The molecule has 0 radical (unpaired) electrons. The van der Waals surface area contributed by atoms with Crippen LogP contribution in [0.15, 0.2) is 29.0 Å². The van der Waals surface area contributed by atoms with Crippen molar-refractivity contribution < 1.29 is 4.52 Å². The Morgan fingerprint density at radius 1 is 1.11 bits per heavy atom. The molecule has 0 aromatic carbocycles. The summed E-state index contributed by atoms with van der Waals surface area (Å²) in [7, 11) is 0. The molecule has 0 bridgehead atoms. The molecule has 2 unspecified atom stereocenters. The molecule has 2 heterocycles. The fraction of sp³-hybridized carbons (Fsp3) is 0.467. The normalized spacial score (nSPS) is 28.9. The van der Waals surface area contributed by atoms with Crippen LogP contribution in [0.25, 0.3) is 11.1 Å². The van der Waals surface area contributed by atoms with Crippen molar-refractivity contribution in [2.75, 3.05) is 5.73 Å². The van der Waals surface area contributed by atoms with Crippen LogP contribution in [-0.4, -0.2) is 10.1 Å². The maximum atomic E-state index is 5.98. The summed E-state index contributed by atoms with van der Waals surface area (Å²) in [5.41, 5.74) is 9.10. The highest BCUT2D eigenvalue weighted by molar-refractivity contribution is 5.75. The number of pyridine rings is 1. The molecule has 4 nitrogen and oxygen atoms in total. The van der Waals surface area contributed by atoms with E-state index in [4.69, 9.17) is 10.3 Å². The summed E-state index contributed by atoms with van der Waals surface area (Å²) in [5, 5.41) is 4.26. The predicted molar refractivity (Wildman–Crippen MR) is 72.3 cm³/mol. The van der Waals surface area contributed by atoms with Crippen molar-refractivity contribution >= 4 is 5.88 Å². The van der Waals surface area contributed by atoms with Crippen molar-refractivity contribution in [3.05, 3.63) is 30.2 Å². The first-order chi connectivity index (χ1) is 9.36. The Kier molecular flexibility index (Phi) is 2.37. The third-order valence-corrected chi connectivity index (χ3v) is 4.69. The first-order valence-corrected chi connectivity index (χ1v) is 7.01. The Bertz CT molecular complexity index is 581. The standard InChI is InChI=1S/C15H17N3O/c16-15-12(9-5-7-17-8-6-9)14(18-19-15)13-10-3-1-2-4-11(10)13/h5-8,10-11,13H,1-4,16H2. The fourth-order valence-electron chi connectivity index (χ4n) is 3.75. The molecular weight excluding hydrogens is 238 g/mol. The SMILES string of the molecule is Nc1onc(C2C3CCCCC32)c1-c1ccncc1. The average molecular weight is 255 g/mol. The van der Waals surface area contributed by atoms with E-state index in [1.165, 1.54) is 25.7 Å². The lowest BCUT2D eigenvalue weighted by Gasteiger charge is -2.04. The van der Waals surface area contributed by atoms with Crippen LogP contribution in [0.1, 0.15) is 37.3 Å². The molecule has 4 heteroatoms. The summed E-state index contributed by atoms with van der Waals surface area (Å²) < 4.78 is 5.26. The molecule has 2 aliphatic carbocycles. The maximum absolute atomic E-state index is 5.98. The number of fused-ring (bicyclic) bond motifs is 1. The van der Waals surface area contributed by atoms with E-state index in [-0.39, 0.29) is 0 Å². The quantitative estimate of drug-likeness (QED) is 0.894. The molecule has 2 saturated carbocycles. The van der Waals surface area contributed by atoms with E-state index < -0.39 is 0 Å². The van der Waals surface area contributed by atoms with Gasteiger partial charge in [-0.15, -0.1) is 0 Å². The van der Waals surface area contributed by atoms with Crippen LogP contribution < -0.4 is 5.73 Å². The highest BCUT2D eigenvalue weighted by atomic mass is 16.5. The molecular formula is C15H17N3O. The maximum Gasteiger partial charge on any atom is 0.230 e. The van der Waals surface area contributed by atoms with Gasteiger partial charge in [-0.2, -0.15) is 0 Å². The lowest BCUT2D eigenvalue weighted by Crippen LogP contribution is -1.91. The monoisotopic (exact) mass is 255 g/mol. The van der Waals surface area contributed by atoms with E-state index in [0.717, 1.165) is 28.7 Å². The number of anilines is 1. The minimum Gasteiger partial charge on any atom is -0.367 e. The van der Waals surface area contributed by atoms with E-state index in [1.807, 2.05) is 12.1 Å². The number of nitrogen functional groups attached to an aromatic ring is 1. The molecule has 19 heavy (non-hydrogen) atoms. The van der Waals surface area contributed by atoms with Crippen LogP contribution in [0.5, 0.6) is 0 Å². The number of hydrogen-bond acceptors (Lipinski definition) is 4. The second-order valence-corrected chi connectivity index (χ2v) is 5.68. The van der Waals surface area contributed by atoms with Gasteiger partial charge in [0.05, 0.1) is 11.3 Å². The molecule has 0 aliphatic heterocycles. The number of hydrogen-bond donors (Lipinski definition) is 1. The van der Waals surface area contributed by atoms with Gasteiger partial charge in [-0.1, -0.05) is 18.0 Å². The summed E-state index contributed by atoms with van der Waals surface area (Å²) in [5.74, 6) is 2.61. The smallest absolute Gasteiger partial charge is 0.230 e. The molecule has 2 fully saturated rings. The molecule has 2 N–H and O–H groups in total. The van der Waals surface area contributed by atoms with Crippen LogP contribution in [0, 0.1) is 11.8 Å². The van der Waals surface area contributed by atoms with Gasteiger partial charge in [-0.3, -0.25) is 4.98 Å². The minimum atomic E-state index is 0.435. The van der Waals surface area contributed by atoms with E-state index >= 15 is 0 Å². The van der Waals surface area contributed by atoms with Gasteiger partial charge in [0.1, 0.15) is 0 Å². The second-order valence-electron chi connectivity index (χ2n) is 5.68. The lowest BCUT2D eigenvalue weighted by atomic mass is 10.0. The molecule has 4 rings (SSSR count). The van der Waals surface area contributed by atoms with Gasteiger partial charge in [0.2, 0.25) is 5.88 Å². The van der Waals surface area contributed by atoms with Gasteiger partial charge in [0, 0.05) is 18.3 Å². The van der Waals surface area contributed by atoms with E-state index in [1.54, 1.807) is 12.4 Å². The lowest BCUT2D eigenvalue weighted by molar-refractivity contribution is 0.426. The third kappa shape index (κ3) is 1.66. The second kappa shape index (κ2) is 4.08. The Balaban J connectivity index is 1.75. The Labute approximate surface area is 112 Å². The summed E-state index contributed by atoms with van der Waals surface area (Å²) >= 11 is 0. The Morgan fingerprint density at radius 3 is 2.47 bits per heavy atom. The van der Waals surface area contributed by atoms with Gasteiger partial charge >= 0.3 is 0 Å². The summed E-state index contributed by atoms with van der Waals surface area (Å²) in [4.78, 5) is 4.06. The Morgan fingerprint density at radius 2 is 1.79 bits per heavy atom. The largest absolute Gasteiger partial charge is 0.367 e. The van der Waals surface area contributed by atoms with Crippen LogP contribution in [0.2, 0.25) is 0 Å². The molecule has 2 aromatic rings. The first kappa shape index (κ1) is 11.0. The zero-order valence-corrected chi connectivity index (χ0v) is 10.7. The summed E-state index contributed by atoms with van der Waals surface area (Å²) in [6.07, 6.45) is 8.94. The van der Waals surface area contributed by atoms with Gasteiger partial charge in [0.15, 0.2) is 0 Å². The minimum absolute atomic E-state index is 0.435. The zero-order valence-electron chi connectivity index (χ0n) is 10.7. The molecule has 2 aliphatic rings. The summed E-state index contributed by atoms with van der Waals surface area (Å²) in [6, 6.07) is 3.94. The van der Waals surface area contributed by atoms with Gasteiger partial charge in [-0.25, -0.2) is 0 Å². The number of nitrogens with two attached hydrogens (primary N) is 1. The molecule has 0 spiro atoms. The zero-order chi connectivity index (χ0) is 12.8. The van der Waals surface area contributed by atoms with Crippen LogP contribution in [0.3, 0.4) is 0 Å². The third-order valence-electron chi connectivity index (χ3n) is 4.69. The number of aromatic nitrogens is 2. The van der Waals surface area contributed by atoms with Crippen molar-refractivity contribution in [2.24, 2.45) is 11.8 Å². The van der Waals surface area contributed by atoms with Gasteiger partial charge in [0.25, 0.3) is 0 Å². The number of rotatable bonds is 2. The highest BCUT2D eigenvalue weighted by Gasteiger charge is 2.53. The van der Waals surface area contributed by atoms with Crippen molar-refractivity contribution in [2.45, 2.75) is 31.6 Å². The van der Waals surface area contributed by atoms with E-state index in [2.05, 4.69) is 10.1 Å². The van der Waals surface area contributed by atoms with Gasteiger partial charge in [-0.05, 0) is 42.4 Å². The van der Waals surface area contributed by atoms with Crippen molar-refractivity contribution in [1.82, 2.24) is 10.1 Å². The average Bonchev–Trinajstić information content (AvgIpc) is 3.07. The van der Waals surface area contributed by atoms with Crippen molar-refractivity contribution in [3.8, 4) is 11.1 Å².